The number of carbonyl (C=O) groups excluding carboxylic acids is 2. The highest BCUT2D eigenvalue weighted by Gasteiger charge is 2.26. The fraction of sp³-hybridized carbons (Fsp3) is 0.364. The molecule has 9 nitrogen and oxygen atoms in total. The summed E-state index contributed by atoms with van der Waals surface area (Å²) in [7, 11) is 1.54. The maximum absolute atomic E-state index is 12.8. The van der Waals surface area contributed by atoms with Gasteiger partial charge in [-0.15, -0.1) is 0 Å². The lowest BCUT2D eigenvalue weighted by Crippen LogP contribution is -2.41. The van der Waals surface area contributed by atoms with E-state index in [1.165, 1.54) is 0 Å². The number of amides is 2. The Kier molecular flexibility index (Phi) is 6.01. The summed E-state index contributed by atoms with van der Waals surface area (Å²) in [6, 6.07) is 10.9. The molecule has 0 saturated carbocycles. The molecule has 162 valence electrons. The van der Waals surface area contributed by atoms with Crippen molar-refractivity contribution in [2.75, 3.05) is 25.5 Å². The summed E-state index contributed by atoms with van der Waals surface area (Å²) in [5, 5.41) is 11.6. The molecular weight excluding hydrogens is 396 g/mol. The van der Waals surface area contributed by atoms with E-state index in [1.807, 2.05) is 34.8 Å². The fourth-order valence-electron chi connectivity index (χ4n) is 3.87. The maximum Gasteiger partial charge on any atom is 0.260 e. The van der Waals surface area contributed by atoms with E-state index < -0.39 is 0 Å². The average Bonchev–Trinajstić information content (AvgIpc) is 3.42. The number of hydrogen-bond donors (Lipinski definition) is 1. The normalized spacial score (nSPS) is 14.5. The first-order chi connectivity index (χ1) is 15.0. The Labute approximate surface area is 180 Å². The van der Waals surface area contributed by atoms with Crippen LogP contribution in [0.2, 0.25) is 0 Å². The molecule has 0 bridgehead atoms. The molecule has 0 aliphatic carbocycles. The number of piperidine rings is 1. The first kappa shape index (κ1) is 20.6. The topological polar surface area (TPSA) is 94.3 Å². The summed E-state index contributed by atoms with van der Waals surface area (Å²) >= 11 is 0. The molecule has 0 atom stereocenters. The quantitative estimate of drug-likeness (QED) is 0.659. The van der Waals surface area contributed by atoms with Crippen molar-refractivity contribution in [3.05, 3.63) is 60.0 Å². The standard InChI is InChI=1S/C22H26N6O3/c1-16-8-14-27(25-16)15-21(29)26-12-9-17(10-13-26)28-20(7-11-23-28)24-22(30)18-5-3-4-6-19(18)31-2/h3-8,11,14,17H,9-10,12-13,15H2,1-2H3,(H,24,30). The van der Waals surface area contributed by atoms with Gasteiger partial charge in [0, 0.05) is 25.4 Å². The van der Waals surface area contributed by atoms with Crippen molar-refractivity contribution in [3.63, 3.8) is 0 Å². The smallest absolute Gasteiger partial charge is 0.260 e. The molecule has 2 amide bonds. The van der Waals surface area contributed by atoms with Crippen LogP contribution in [0.1, 0.15) is 34.9 Å². The molecule has 9 heteroatoms. The van der Waals surface area contributed by atoms with Crippen molar-refractivity contribution in [3.8, 4) is 5.75 Å². The van der Waals surface area contributed by atoms with E-state index in [2.05, 4.69) is 15.5 Å². The van der Waals surface area contributed by atoms with Crippen molar-refractivity contribution in [1.82, 2.24) is 24.5 Å². The molecule has 1 aliphatic heterocycles. The second kappa shape index (κ2) is 9.03. The van der Waals surface area contributed by atoms with Crippen LogP contribution < -0.4 is 10.1 Å². The third kappa shape index (κ3) is 4.60. The number of rotatable bonds is 6. The number of ether oxygens (including phenoxy) is 1. The van der Waals surface area contributed by atoms with Gasteiger partial charge in [-0.05, 0) is 38.0 Å². The summed E-state index contributed by atoms with van der Waals surface area (Å²) in [6.45, 7) is 3.44. The monoisotopic (exact) mass is 422 g/mol. The summed E-state index contributed by atoms with van der Waals surface area (Å²) in [4.78, 5) is 27.2. The molecule has 4 rings (SSSR count). The van der Waals surface area contributed by atoms with Crippen LogP contribution >= 0.6 is 0 Å². The van der Waals surface area contributed by atoms with Crippen LogP contribution in [-0.2, 0) is 11.3 Å². The molecule has 0 spiro atoms. The minimum atomic E-state index is -0.249. The molecule has 2 aromatic heterocycles. The van der Waals surface area contributed by atoms with Gasteiger partial charge in [0.05, 0.1) is 30.6 Å². The van der Waals surface area contributed by atoms with E-state index in [0.29, 0.717) is 30.2 Å². The highest BCUT2D eigenvalue weighted by atomic mass is 16.5. The van der Waals surface area contributed by atoms with Gasteiger partial charge < -0.3 is 15.0 Å². The lowest BCUT2D eigenvalue weighted by molar-refractivity contribution is -0.133. The number of para-hydroxylation sites is 1. The highest BCUT2D eigenvalue weighted by Crippen LogP contribution is 2.26. The number of aryl methyl sites for hydroxylation is 1. The second-order valence-corrected chi connectivity index (χ2v) is 7.58. The molecule has 1 aromatic carbocycles. The minimum absolute atomic E-state index is 0.0618. The Morgan fingerprint density at radius 1 is 1.16 bits per heavy atom. The largest absolute Gasteiger partial charge is 0.496 e. The van der Waals surface area contributed by atoms with E-state index in [0.717, 1.165) is 18.5 Å². The summed E-state index contributed by atoms with van der Waals surface area (Å²) in [6.07, 6.45) is 5.03. The number of nitrogens with one attached hydrogen (secondary N) is 1. The number of hydrogen-bond acceptors (Lipinski definition) is 5. The molecule has 1 fully saturated rings. The summed E-state index contributed by atoms with van der Waals surface area (Å²) < 4.78 is 8.79. The van der Waals surface area contributed by atoms with Crippen molar-refractivity contribution in [2.24, 2.45) is 0 Å². The van der Waals surface area contributed by atoms with Crippen LogP contribution in [-0.4, -0.2) is 56.5 Å². The average molecular weight is 422 g/mol. The molecule has 1 N–H and O–H groups in total. The third-order valence-electron chi connectivity index (χ3n) is 5.50. The van der Waals surface area contributed by atoms with E-state index in [9.17, 15) is 9.59 Å². The summed E-state index contributed by atoms with van der Waals surface area (Å²) in [5.74, 6) is 0.964. The van der Waals surface area contributed by atoms with E-state index in [-0.39, 0.29) is 24.4 Å². The first-order valence-corrected chi connectivity index (χ1v) is 10.3. The van der Waals surface area contributed by atoms with Gasteiger partial charge >= 0.3 is 0 Å². The Bertz CT molecular complexity index is 1060. The van der Waals surface area contributed by atoms with Gasteiger partial charge in [0.1, 0.15) is 18.1 Å². The summed E-state index contributed by atoms with van der Waals surface area (Å²) in [5.41, 5.74) is 1.36. The zero-order valence-electron chi connectivity index (χ0n) is 17.7. The number of likely N-dealkylation sites (tertiary alicyclic amines) is 1. The van der Waals surface area contributed by atoms with Crippen molar-refractivity contribution >= 4 is 17.6 Å². The fourth-order valence-corrected chi connectivity index (χ4v) is 3.87. The zero-order valence-corrected chi connectivity index (χ0v) is 17.7. The molecule has 0 unspecified atom stereocenters. The highest BCUT2D eigenvalue weighted by molar-refractivity contribution is 6.05. The lowest BCUT2D eigenvalue weighted by atomic mass is 10.1. The Hall–Kier alpha value is -3.62. The number of carbonyl (C=O) groups is 2. The number of aromatic nitrogens is 4. The molecule has 1 aliphatic rings. The number of methoxy groups -OCH3 is 1. The van der Waals surface area contributed by atoms with Gasteiger partial charge in [0.2, 0.25) is 5.91 Å². The molecular formula is C22H26N6O3. The Morgan fingerprint density at radius 2 is 1.94 bits per heavy atom. The van der Waals surface area contributed by atoms with Crippen molar-refractivity contribution in [1.29, 1.82) is 0 Å². The van der Waals surface area contributed by atoms with Crippen LogP contribution in [0.15, 0.2) is 48.8 Å². The van der Waals surface area contributed by atoms with Gasteiger partial charge in [-0.2, -0.15) is 10.2 Å². The number of nitrogens with zero attached hydrogens (tertiary/aromatic N) is 5. The van der Waals surface area contributed by atoms with E-state index >= 15 is 0 Å². The van der Waals surface area contributed by atoms with Gasteiger partial charge in [0.25, 0.3) is 5.91 Å². The van der Waals surface area contributed by atoms with E-state index in [4.69, 9.17) is 4.74 Å². The third-order valence-corrected chi connectivity index (χ3v) is 5.50. The van der Waals surface area contributed by atoms with Crippen LogP contribution in [0.25, 0.3) is 0 Å². The molecule has 31 heavy (non-hydrogen) atoms. The zero-order chi connectivity index (χ0) is 21.8. The first-order valence-electron chi connectivity index (χ1n) is 10.3. The lowest BCUT2D eigenvalue weighted by Gasteiger charge is -2.32. The van der Waals surface area contributed by atoms with Gasteiger partial charge in [-0.1, -0.05) is 12.1 Å². The van der Waals surface area contributed by atoms with Crippen LogP contribution in [0.3, 0.4) is 0 Å². The molecule has 3 aromatic rings. The van der Waals surface area contributed by atoms with Crippen molar-refractivity contribution < 1.29 is 14.3 Å². The SMILES string of the molecule is COc1ccccc1C(=O)Nc1ccnn1C1CCN(C(=O)Cn2ccc(C)n2)CC1. The Balaban J connectivity index is 1.37. The van der Waals surface area contributed by atoms with Crippen LogP contribution in [0.5, 0.6) is 5.75 Å². The van der Waals surface area contributed by atoms with Crippen LogP contribution in [0.4, 0.5) is 5.82 Å². The molecule has 3 heterocycles. The molecule has 0 radical (unpaired) electrons. The van der Waals surface area contributed by atoms with Gasteiger partial charge in [0.15, 0.2) is 0 Å². The predicted molar refractivity (Wildman–Crippen MR) is 115 cm³/mol. The second-order valence-electron chi connectivity index (χ2n) is 7.58. The van der Waals surface area contributed by atoms with Gasteiger partial charge in [-0.3, -0.25) is 14.3 Å². The van der Waals surface area contributed by atoms with Crippen LogP contribution in [0, 0.1) is 6.92 Å². The van der Waals surface area contributed by atoms with Crippen molar-refractivity contribution in [2.45, 2.75) is 32.4 Å². The Morgan fingerprint density at radius 3 is 2.65 bits per heavy atom. The number of anilines is 1. The predicted octanol–water partition coefficient (Wildman–Crippen LogP) is 2.51. The molecule has 1 saturated heterocycles. The maximum atomic E-state index is 12.8. The minimum Gasteiger partial charge on any atom is -0.496 e. The van der Waals surface area contributed by atoms with E-state index in [1.54, 1.807) is 42.3 Å². The number of benzene rings is 1. The van der Waals surface area contributed by atoms with Gasteiger partial charge in [-0.25, -0.2) is 4.68 Å².